The van der Waals surface area contributed by atoms with Crippen LogP contribution in [0.4, 0.5) is 0 Å². The molecule has 0 fully saturated rings. The van der Waals surface area contributed by atoms with E-state index in [1.54, 1.807) is 0 Å². The topological polar surface area (TPSA) is 56.7 Å². The highest BCUT2D eigenvalue weighted by atomic mass is 16.3. The van der Waals surface area contributed by atoms with E-state index in [4.69, 9.17) is 19.4 Å². The number of para-hydroxylation sites is 2. The zero-order valence-electron chi connectivity index (χ0n) is 33.3. The van der Waals surface area contributed by atoms with Crippen molar-refractivity contribution < 1.29 is 4.42 Å². The van der Waals surface area contributed by atoms with Gasteiger partial charge in [-0.1, -0.05) is 170 Å². The number of hydrogen-bond acceptors (Lipinski definition) is 4. The third kappa shape index (κ3) is 5.25. The van der Waals surface area contributed by atoms with Gasteiger partial charge < -0.3 is 8.98 Å². The summed E-state index contributed by atoms with van der Waals surface area (Å²) in [4.78, 5) is 15.7. The highest BCUT2D eigenvalue weighted by Gasteiger charge is 2.23. The second kappa shape index (κ2) is 13.6. The number of nitrogens with zero attached hydrogens (tertiary/aromatic N) is 4. The molecule has 5 nitrogen and oxygen atoms in total. The minimum absolute atomic E-state index is 0.550. The quantitative estimate of drug-likeness (QED) is 0.174. The molecule has 0 aliphatic carbocycles. The fourth-order valence-electron chi connectivity index (χ4n) is 9.62. The molecule has 3 aromatic heterocycles. The Morgan fingerprint density at radius 2 is 0.903 bits per heavy atom. The molecule has 0 aliphatic heterocycles. The van der Waals surface area contributed by atoms with Crippen LogP contribution in [-0.4, -0.2) is 19.5 Å². The molecule has 0 saturated heterocycles. The smallest absolute Gasteiger partial charge is 0.167 e. The molecule has 3 heterocycles. The van der Waals surface area contributed by atoms with Crippen LogP contribution in [0.2, 0.25) is 0 Å². The van der Waals surface area contributed by atoms with Crippen LogP contribution in [-0.2, 0) is 0 Å². The van der Waals surface area contributed by atoms with Gasteiger partial charge in [-0.3, -0.25) is 0 Å². The van der Waals surface area contributed by atoms with Gasteiger partial charge in [-0.15, -0.1) is 0 Å². The molecule has 10 aromatic carbocycles. The van der Waals surface area contributed by atoms with Crippen molar-refractivity contribution in [1.82, 2.24) is 19.5 Å². The summed E-state index contributed by atoms with van der Waals surface area (Å²) < 4.78 is 9.50. The molecule has 0 saturated carbocycles. The monoisotopic (exact) mass is 790 g/mol. The van der Waals surface area contributed by atoms with Crippen molar-refractivity contribution in [3.8, 4) is 51.0 Å². The highest BCUT2D eigenvalue weighted by Crippen LogP contribution is 2.44. The number of furan rings is 1. The van der Waals surface area contributed by atoms with E-state index in [0.717, 1.165) is 88.0 Å². The molecule has 62 heavy (non-hydrogen) atoms. The first kappa shape index (κ1) is 34.5. The summed E-state index contributed by atoms with van der Waals surface area (Å²) in [5.74, 6) is 1.75. The Hall–Kier alpha value is -8.41. The highest BCUT2D eigenvalue weighted by molar-refractivity contribution is 6.23. The van der Waals surface area contributed by atoms with Gasteiger partial charge in [-0.05, 0) is 68.4 Å². The summed E-state index contributed by atoms with van der Waals surface area (Å²) in [6.45, 7) is 0. The molecule has 0 atom stereocenters. The van der Waals surface area contributed by atoms with Crippen molar-refractivity contribution in [1.29, 1.82) is 0 Å². The average Bonchev–Trinajstić information content (AvgIpc) is 3.88. The maximum absolute atomic E-state index is 7.09. The Morgan fingerprint density at radius 1 is 0.339 bits per heavy atom. The molecule has 0 aliphatic rings. The predicted octanol–water partition coefficient (Wildman–Crippen LogP) is 15.0. The van der Waals surface area contributed by atoms with Crippen molar-refractivity contribution in [3.05, 3.63) is 206 Å². The summed E-state index contributed by atoms with van der Waals surface area (Å²) in [6.07, 6.45) is 0. The van der Waals surface area contributed by atoms with Crippen LogP contribution in [0.5, 0.6) is 0 Å². The van der Waals surface area contributed by atoms with Gasteiger partial charge in [0.1, 0.15) is 11.2 Å². The van der Waals surface area contributed by atoms with Gasteiger partial charge in [0, 0.05) is 44.1 Å². The van der Waals surface area contributed by atoms with E-state index in [0.29, 0.717) is 17.5 Å². The Labute approximate surface area is 355 Å². The minimum atomic E-state index is 0.550. The first-order chi connectivity index (χ1) is 30.7. The Kier molecular flexibility index (Phi) is 7.54. The van der Waals surface area contributed by atoms with Crippen LogP contribution >= 0.6 is 0 Å². The summed E-state index contributed by atoms with van der Waals surface area (Å²) in [6, 6.07) is 72.6. The lowest BCUT2D eigenvalue weighted by atomic mass is 9.94. The van der Waals surface area contributed by atoms with Crippen LogP contribution in [0.15, 0.2) is 211 Å². The fourth-order valence-corrected chi connectivity index (χ4v) is 9.62. The lowest BCUT2D eigenvalue weighted by Gasteiger charge is -2.13. The molecule has 0 bridgehead atoms. The zero-order chi connectivity index (χ0) is 40.7. The molecular formula is C57H34N4O. The third-order valence-electron chi connectivity index (χ3n) is 12.4. The third-order valence-corrected chi connectivity index (χ3v) is 12.4. The number of rotatable bonds is 5. The molecule has 0 N–H and O–H groups in total. The van der Waals surface area contributed by atoms with E-state index < -0.39 is 0 Å². The maximum Gasteiger partial charge on any atom is 0.167 e. The molecule has 13 aromatic rings. The summed E-state index contributed by atoms with van der Waals surface area (Å²) in [7, 11) is 0. The standard InChI is InChI=1S/C57H34N4O/c1-3-16-35(17-4-1)39-30-31-45(41-23-10-9-22-40(39)41)56-58-55(36-18-5-2-6-19-36)59-57(60-56)47-28-15-27-46-53-44-26-12-11-24-42(44)51(34-52(53)62-54(46)47)61-49-29-14-13-25-43(49)48-32-37-20-7-8-21-38(37)33-50(48)61/h1-34H. The van der Waals surface area contributed by atoms with E-state index >= 15 is 0 Å². The molecule has 5 heteroatoms. The Morgan fingerprint density at radius 3 is 1.68 bits per heavy atom. The van der Waals surface area contributed by atoms with Crippen molar-refractivity contribution in [2.45, 2.75) is 0 Å². The second-order valence-electron chi connectivity index (χ2n) is 15.9. The second-order valence-corrected chi connectivity index (χ2v) is 15.9. The predicted molar refractivity (Wildman–Crippen MR) is 256 cm³/mol. The summed E-state index contributed by atoms with van der Waals surface area (Å²) in [5.41, 5.74) is 9.88. The van der Waals surface area contributed by atoms with Crippen LogP contribution in [0.3, 0.4) is 0 Å². The maximum atomic E-state index is 7.09. The number of aromatic nitrogens is 4. The number of hydrogen-bond donors (Lipinski definition) is 0. The Balaban J connectivity index is 1.06. The van der Waals surface area contributed by atoms with Gasteiger partial charge in [-0.25, -0.2) is 15.0 Å². The van der Waals surface area contributed by atoms with E-state index in [9.17, 15) is 0 Å². The van der Waals surface area contributed by atoms with Gasteiger partial charge in [0.05, 0.1) is 22.3 Å². The molecular weight excluding hydrogens is 757 g/mol. The molecule has 0 unspecified atom stereocenters. The number of fused-ring (bicyclic) bond motifs is 10. The number of benzene rings is 10. The minimum Gasteiger partial charge on any atom is -0.455 e. The van der Waals surface area contributed by atoms with Gasteiger partial charge in [0.2, 0.25) is 0 Å². The van der Waals surface area contributed by atoms with Gasteiger partial charge >= 0.3 is 0 Å². The van der Waals surface area contributed by atoms with Crippen molar-refractivity contribution in [2.75, 3.05) is 0 Å². The molecule has 0 spiro atoms. The largest absolute Gasteiger partial charge is 0.455 e. The first-order valence-electron chi connectivity index (χ1n) is 20.9. The lowest BCUT2D eigenvalue weighted by Crippen LogP contribution is -2.01. The first-order valence-corrected chi connectivity index (χ1v) is 20.9. The van der Waals surface area contributed by atoms with Gasteiger partial charge in [0.15, 0.2) is 17.5 Å². The molecule has 0 radical (unpaired) electrons. The van der Waals surface area contributed by atoms with E-state index in [1.807, 2.05) is 30.3 Å². The Bertz CT molecular complexity index is 3920. The van der Waals surface area contributed by atoms with Crippen molar-refractivity contribution in [2.24, 2.45) is 0 Å². The van der Waals surface area contributed by atoms with Gasteiger partial charge in [-0.2, -0.15) is 0 Å². The van der Waals surface area contributed by atoms with Crippen LogP contribution < -0.4 is 0 Å². The molecule has 0 amide bonds. The fraction of sp³-hybridized carbons (Fsp3) is 0. The normalized spacial score (nSPS) is 11.9. The summed E-state index contributed by atoms with van der Waals surface area (Å²) >= 11 is 0. The van der Waals surface area contributed by atoms with E-state index in [2.05, 4.69) is 180 Å². The lowest BCUT2D eigenvalue weighted by molar-refractivity contribution is 0.669. The average molecular weight is 791 g/mol. The van der Waals surface area contributed by atoms with Gasteiger partial charge in [0.25, 0.3) is 0 Å². The van der Waals surface area contributed by atoms with Crippen LogP contribution in [0, 0.1) is 0 Å². The summed E-state index contributed by atoms with van der Waals surface area (Å²) in [5, 5.41) is 11.4. The van der Waals surface area contributed by atoms with Crippen LogP contribution in [0.1, 0.15) is 0 Å². The zero-order valence-corrected chi connectivity index (χ0v) is 33.3. The van der Waals surface area contributed by atoms with E-state index in [1.165, 1.54) is 21.5 Å². The van der Waals surface area contributed by atoms with Crippen molar-refractivity contribution in [3.63, 3.8) is 0 Å². The van der Waals surface area contributed by atoms with Crippen LogP contribution in [0.25, 0.3) is 127 Å². The molecule has 288 valence electrons. The van der Waals surface area contributed by atoms with E-state index in [-0.39, 0.29) is 0 Å². The SMILES string of the molecule is c1ccc(-c2nc(-c3ccc(-c4ccccc4)c4ccccc34)nc(-c3cccc4c3oc3cc(-n5c6ccccc6c6cc7ccccc7cc65)c5ccccc5c34)n2)cc1. The van der Waals surface area contributed by atoms with Crippen molar-refractivity contribution >= 4 is 76.1 Å². The molecule has 13 rings (SSSR count).